The number of H-pyrrole nitrogens is 1. The lowest BCUT2D eigenvalue weighted by molar-refractivity contribution is 0.386. The number of hydrogen-bond donors (Lipinski definition) is 3. The Labute approximate surface area is 123 Å². The van der Waals surface area contributed by atoms with Gasteiger partial charge in [-0.15, -0.1) is 0 Å². The molecule has 0 saturated carbocycles. The predicted octanol–water partition coefficient (Wildman–Crippen LogP) is 2.54. The summed E-state index contributed by atoms with van der Waals surface area (Å²) < 4.78 is 0. The van der Waals surface area contributed by atoms with Crippen molar-refractivity contribution >= 4 is 0 Å². The van der Waals surface area contributed by atoms with E-state index in [0.717, 1.165) is 13.1 Å². The minimum Gasteiger partial charge on any atom is -0.311 e. The van der Waals surface area contributed by atoms with Gasteiger partial charge in [-0.3, -0.25) is 5.10 Å². The maximum atomic E-state index is 4.51. The molecule has 2 rings (SSSR count). The molecule has 0 amide bonds. The number of nitrogens with one attached hydrogen (secondary N) is 3. The molecule has 1 unspecified atom stereocenters. The Hall–Kier alpha value is -0.870. The average Bonchev–Trinajstić information content (AvgIpc) is 2.61. The van der Waals surface area contributed by atoms with Crippen molar-refractivity contribution in [2.45, 2.75) is 77.9 Å². The van der Waals surface area contributed by atoms with Gasteiger partial charge < -0.3 is 10.6 Å². The quantitative estimate of drug-likeness (QED) is 0.726. The van der Waals surface area contributed by atoms with Gasteiger partial charge in [-0.1, -0.05) is 6.42 Å². The molecule has 3 N–H and O–H groups in total. The van der Waals surface area contributed by atoms with Crippen LogP contribution in [0.3, 0.4) is 0 Å². The Morgan fingerprint density at radius 3 is 2.70 bits per heavy atom. The normalized spacial score (nSPS) is 17.6. The molecule has 0 spiro atoms. The summed E-state index contributed by atoms with van der Waals surface area (Å²) in [7, 11) is 0. The zero-order valence-corrected chi connectivity index (χ0v) is 13.5. The van der Waals surface area contributed by atoms with Crippen molar-refractivity contribution in [2.75, 3.05) is 6.54 Å². The van der Waals surface area contributed by atoms with Crippen LogP contribution in [0, 0.1) is 0 Å². The van der Waals surface area contributed by atoms with E-state index in [1.54, 1.807) is 0 Å². The van der Waals surface area contributed by atoms with Crippen LogP contribution in [0.4, 0.5) is 0 Å². The summed E-state index contributed by atoms with van der Waals surface area (Å²) in [5.41, 5.74) is 4.26. The maximum absolute atomic E-state index is 4.51. The lowest BCUT2D eigenvalue weighted by atomic mass is 10.1. The van der Waals surface area contributed by atoms with Crippen LogP contribution in [-0.4, -0.2) is 28.3 Å². The Balaban J connectivity index is 1.83. The molecule has 0 aliphatic heterocycles. The van der Waals surface area contributed by atoms with Gasteiger partial charge >= 0.3 is 0 Å². The van der Waals surface area contributed by atoms with Gasteiger partial charge in [0, 0.05) is 30.4 Å². The number of aryl methyl sites for hydroxylation is 1. The van der Waals surface area contributed by atoms with Gasteiger partial charge in [-0.05, 0) is 58.9 Å². The lowest BCUT2D eigenvalue weighted by Gasteiger charge is -2.24. The van der Waals surface area contributed by atoms with E-state index in [9.17, 15) is 0 Å². The second kappa shape index (κ2) is 6.72. The summed E-state index contributed by atoms with van der Waals surface area (Å²) in [5, 5.41) is 14.9. The van der Waals surface area contributed by atoms with Crippen molar-refractivity contribution in [3.63, 3.8) is 0 Å². The molecule has 1 heterocycles. The molecule has 1 aliphatic carbocycles. The van der Waals surface area contributed by atoms with Crippen LogP contribution in [0.2, 0.25) is 0 Å². The second-order valence-corrected chi connectivity index (χ2v) is 7.10. The van der Waals surface area contributed by atoms with Crippen LogP contribution >= 0.6 is 0 Å². The number of aromatic nitrogens is 2. The Morgan fingerprint density at radius 2 is 1.95 bits per heavy atom. The second-order valence-electron chi connectivity index (χ2n) is 7.10. The predicted molar refractivity (Wildman–Crippen MR) is 83.9 cm³/mol. The van der Waals surface area contributed by atoms with Crippen LogP contribution in [0.15, 0.2) is 0 Å². The van der Waals surface area contributed by atoms with E-state index >= 15 is 0 Å². The third-order valence-electron chi connectivity index (χ3n) is 3.95. The fourth-order valence-corrected chi connectivity index (χ4v) is 2.67. The SMILES string of the molecule is CC(CNC(C)(C)C)NCc1n[nH]c2c1CCCCC2. The van der Waals surface area contributed by atoms with Gasteiger partial charge in [0.2, 0.25) is 0 Å². The average molecular weight is 278 g/mol. The fraction of sp³-hybridized carbons (Fsp3) is 0.812. The molecule has 1 aliphatic rings. The van der Waals surface area contributed by atoms with E-state index in [2.05, 4.69) is 48.5 Å². The molecule has 0 saturated heterocycles. The highest BCUT2D eigenvalue weighted by Gasteiger charge is 2.16. The van der Waals surface area contributed by atoms with Gasteiger partial charge in [-0.25, -0.2) is 0 Å². The number of hydrogen-bond acceptors (Lipinski definition) is 3. The lowest BCUT2D eigenvalue weighted by Crippen LogP contribution is -2.44. The molecule has 1 aromatic rings. The first-order valence-corrected chi connectivity index (χ1v) is 7.99. The first-order chi connectivity index (χ1) is 9.46. The van der Waals surface area contributed by atoms with Crippen LogP contribution in [0.25, 0.3) is 0 Å². The minimum atomic E-state index is 0.180. The van der Waals surface area contributed by atoms with Gasteiger partial charge in [0.05, 0.1) is 5.69 Å². The molecule has 0 radical (unpaired) electrons. The molecule has 20 heavy (non-hydrogen) atoms. The summed E-state index contributed by atoms with van der Waals surface area (Å²) in [6, 6.07) is 0.451. The van der Waals surface area contributed by atoms with Gasteiger partial charge in [0.15, 0.2) is 0 Å². The number of fused-ring (bicyclic) bond motifs is 1. The van der Waals surface area contributed by atoms with Crippen LogP contribution in [0.5, 0.6) is 0 Å². The first kappa shape index (κ1) is 15.5. The molecular formula is C16H30N4. The van der Waals surface area contributed by atoms with Crippen LogP contribution in [0.1, 0.15) is 63.9 Å². The standard InChI is InChI=1S/C16H30N4/c1-12(10-18-16(2,3)4)17-11-15-13-8-6-5-7-9-14(13)19-20-15/h12,17-18H,5-11H2,1-4H3,(H,19,20). The molecule has 1 atom stereocenters. The summed E-state index contributed by atoms with van der Waals surface area (Å²) in [6.07, 6.45) is 6.32. The number of aromatic amines is 1. The highest BCUT2D eigenvalue weighted by atomic mass is 15.1. The third-order valence-corrected chi connectivity index (χ3v) is 3.95. The van der Waals surface area contributed by atoms with Crippen molar-refractivity contribution in [3.8, 4) is 0 Å². The monoisotopic (exact) mass is 278 g/mol. The smallest absolute Gasteiger partial charge is 0.0794 e. The van der Waals surface area contributed by atoms with Crippen LogP contribution < -0.4 is 10.6 Å². The molecule has 0 aromatic carbocycles. The van der Waals surface area contributed by atoms with E-state index in [-0.39, 0.29) is 5.54 Å². The first-order valence-electron chi connectivity index (χ1n) is 7.99. The maximum Gasteiger partial charge on any atom is 0.0794 e. The Kier molecular flexibility index (Phi) is 5.22. The molecule has 4 nitrogen and oxygen atoms in total. The summed E-state index contributed by atoms with van der Waals surface area (Å²) in [5.74, 6) is 0. The molecule has 0 bridgehead atoms. The van der Waals surface area contributed by atoms with E-state index in [1.807, 2.05) is 0 Å². The van der Waals surface area contributed by atoms with Gasteiger partial charge in [0.1, 0.15) is 0 Å². The van der Waals surface area contributed by atoms with Gasteiger partial charge in [-0.2, -0.15) is 5.10 Å². The molecule has 0 fully saturated rings. The van der Waals surface area contributed by atoms with Crippen molar-refractivity contribution in [2.24, 2.45) is 0 Å². The third kappa shape index (κ3) is 4.60. The molecule has 4 heteroatoms. The fourth-order valence-electron chi connectivity index (χ4n) is 2.67. The van der Waals surface area contributed by atoms with Crippen molar-refractivity contribution < 1.29 is 0 Å². The van der Waals surface area contributed by atoms with E-state index < -0.39 is 0 Å². The van der Waals surface area contributed by atoms with Crippen molar-refractivity contribution in [1.29, 1.82) is 0 Å². The molecular weight excluding hydrogens is 248 g/mol. The highest BCUT2D eigenvalue weighted by Crippen LogP contribution is 2.21. The summed E-state index contributed by atoms with van der Waals surface area (Å²) in [4.78, 5) is 0. The summed E-state index contributed by atoms with van der Waals surface area (Å²) in [6.45, 7) is 10.7. The van der Waals surface area contributed by atoms with Crippen molar-refractivity contribution in [1.82, 2.24) is 20.8 Å². The number of rotatable bonds is 5. The Morgan fingerprint density at radius 1 is 1.20 bits per heavy atom. The summed E-state index contributed by atoms with van der Waals surface area (Å²) >= 11 is 0. The highest BCUT2D eigenvalue weighted by molar-refractivity contribution is 5.26. The topological polar surface area (TPSA) is 52.7 Å². The zero-order valence-electron chi connectivity index (χ0n) is 13.5. The number of nitrogens with zero attached hydrogens (tertiary/aromatic N) is 1. The van der Waals surface area contributed by atoms with Crippen molar-refractivity contribution in [3.05, 3.63) is 17.0 Å². The minimum absolute atomic E-state index is 0.180. The van der Waals surface area contributed by atoms with Gasteiger partial charge in [0.25, 0.3) is 0 Å². The Bertz CT molecular complexity index is 417. The van der Waals surface area contributed by atoms with E-state index in [0.29, 0.717) is 6.04 Å². The van der Waals surface area contributed by atoms with E-state index in [4.69, 9.17) is 0 Å². The molecule has 1 aromatic heterocycles. The molecule has 114 valence electrons. The van der Waals surface area contributed by atoms with E-state index in [1.165, 1.54) is 49.1 Å². The zero-order chi connectivity index (χ0) is 14.6. The largest absolute Gasteiger partial charge is 0.311 e. The van der Waals surface area contributed by atoms with Crippen LogP contribution in [-0.2, 0) is 19.4 Å².